The Hall–Kier alpha value is -3.03. The fourth-order valence-electron chi connectivity index (χ4n) is 4.35. The van der Waals surface area contributed by atoms with Crippen LogP contribution in [0.2, 0.25) is 0 Å². The van der Waals surface area contributed by atoms with E-state index in [1.807, 2.05) is 26.0 Å². The van der Waals surface area contributed by atoms with Crippen molar-refractivity contribution < 1.29 is 13.2 Å². The minimum Gasteiger partial charge on any atom is -0.284 e. The molecule has 0 saturated carbocycles. The predicted octanol–water partition coefficient (Wildman–Crippen LogP) is 6.37. The van der Waals surface area contributed by atoms with Gasteiger partial charge in [-0.25, -0.2) is 4.98 Å². The summed E-state index contributed by atoms with van der Waals surface area (Å²) in [4.78, 5) is 4.71. The lowest BCUT2D eigenvalue weighted by Crippen LogP contribution is -2.12. The quantitative estimate of drug-likeness (QED) is 0.518. The number of rotatable bonds is 1. The molecule has 0 amide bonds. The Bertz CT molecular complexity index is 1210. The van der Waals surface area contributed by atoms with Gasteiger partial charge in [0, 0.05) is 17.1 Å². The van der Waals surface area contributed by atoms with E-state index in [2.05, 4.69) is 20.4 Å². The lowest BCUT2D eigenvalue weighted by Gasteiger charge is -2.23. The number of aromatic amines is 1. The molecule has 0 bridgehead atoms. The molecule has 0 atom stereocenters. The molecule has 1 N–H and O–H groups in total. The van der Waals surface area contributed by atoms with Crippen molar-refractivity contribution in [1.29, 1.82) is 0 Å². The van der Waals surface area contributed by atoms with Gasteiger partial charge in [-0.1, -0.05) is 0 Å². The van der Waals surface area contributed by atoms with Crippen molar-refractivity contribution >= 4 is 22.3 Å². The van der Waals surface area contributed by atoms with Crippen molar-refractivity contribution in [1.82, 2.24) is 15.2 Å². The van der Waals surface area contributed by atoms with Crippen LogP contribution in [0.5, 0.6) is 0 Å². The monoisotopic (exact) mass is 397 g/mol. The first kappa shape index (κ1) is 18.0. The molecule has 1 aliphatic heterocycles. The molecule has 8 heteroatoms. The number of azo groups is 1. The summed E-state index contributed by atoms with van der Waals surface area (Å²) in [6, 6.07) is 3.66. The van der Waals surface area contributed by atoms with E-state index in [1.165, 1.54) is 6.20 Å². The molecule has 148 valence electrons. The summed E-state index contributed by atoms with van der Waals surface area (Å²) in [5, 5.41) is 15.4. The standard InChI is InChI=1S/C21H18F3N5/c1-10(2)18-17-15(27-28-18)8-7-14-16(17)11-5-3-4-6-12(11)19(26-14)13-9-25-29-20(13)21(22,23)24/h7-9H,3-6H2,1-2H3,(H,25,29). The first-order chi connectivity index (χ1) is 13.9. The maximum absolute atomic E-state index is 13.5. The van der Waals surface area contributed by atoms with Crippen molar-refractivity contribution in [2.45, 2.75) is 45.7 Å². The van der Waals surface area contributed by atoms with Crippen LogP contribution < -0.4 is 0 Å². The van der Waals surface area contributed by atoms with Crippen molar-refractivity contribution in [2.24, 2.45) is 10.2 Å². The Labute approximate surface area is 164 Å². The highest BCUT2D eigenvalue weighted by Crippen LogP contribution is 2.46. The van der Waals surface area contributed by atoms with E-state index in [0.717, 1.165) is 58.3 Å². The summed E-state index contributed by atoms with van der Waals surface area (Å²) in [6.07, 6.45) is 0.159. The fraction of sp³-hybridized carbons (Fsp3) is 0.333. The molecule has 0 fully saturated rings. The number of pyridine rings is 1. The van der Waals surface area contributed by atoms with Gasteiger partial charge in [-0.2, -0.15) is 18.3 Å². The topological polar surface area (TPSA) is 66.3 Å². The maximum Gasteiger partial charge on any atom is 0.435 e. The van der Waals surface area contributed by atoms with Crippen LogP contribution in [-0.2, 0) is 19.0 Å². The molecule has 29 heavy (non-hydrogen) atoms. The van der Waals surface area contributed by atoms with E-state index >= 15 is 0 Å². The van der Waals surface area contributed by atoms with Gasteiger partial charge < -0.3 is 0 Å². The zero-order chi connectivity index (χ0) is 20.3. The highest BCUT2D eigenvalue weighted by Gasteiger charge is 2.38. The highest BCUT2D eigenvalue weighted by molar-refractivity contribution is 6.02. The van der Waals surface area contributed by atoms with Gasteiger partial charge in [0.15, 0.2) is 5.69 Å². The SMILES string of the molecule is CC(C)=C1N=Nc2ccc3nc(-c4c[nH]nc4C(F)(F)F)c4c(c3c21)CCCC4. The van der Waals surface area contributed by atoms with E-state index in [9.17, 15) is 13.2 Å². The fourth-order valence-corrected chi connectivity index (χ4v) is 4.35. The first-order valence-electron chi connectivity index (χ1n) is 9.55. The molecular weight excluding hydrogens is 379 g/mol. The number of fused-ring (bicyclic) bond motifs is 5. The second kappa shape index (κ2) is 6.23. The Morgan fingerprint density at radius 2 is 1.79 bits per heavy atom. The number of halogens is 3. The number of hydrogen-bond donors (Lipinski definition) is 1. The van der Waals surface area contributed by atoms with Gasteiger partial charge in [-0.15, -0.1) is 10.2 Å². The average molecular weight is 397 g/mol. The molecule has 1 aromatic carbocycles. The van der Waals surface area contributed by atoms with Crippen molar-refractivity contribution in [2.75, 3.05) is 0 Å². The summed E-state index contributed by atoms with van der Waals surface area (Å²) in [7, 11) is 0. The number of aromatic nitrogens is 3. The number of nitrogens with zero attached hydrogens (tertiary/aromatic N) is 4. The molecule has 5 rings (SSSR count). The van der Waals surface area contributed by atoms with Gasteiger partial charge in [0.05, 0.1) is 28.2 Å². The Morgan fingerprint density at radius 3 is 2.52 bits per heavy atom. The summed E-state index contributed by atoms with van der Waals surface area (Å²) < 4.78 is 40.5. The molecule has 1 aliphatic carbocycles. The molecular formula is C21H18F3N5. The largest absolute Gasteiger partial charge is 0.435 e. The minimum absolute atomic E-state index is 0.00913. The minimum atomic E-state index is -4.54. The smallest absolute Gasteiger partial charge is 0.284 e. The number of benzene rings is 1. The van der Waals surface area contributed by atoms with Gasteiger partial charge in [0.25, 0.3) is 0 Å². The number of allylic oxidation sites excluding steroid dienone is 1. The third kappa shape index (κ3) is 2.69. The lowest BCUT2D eigenvalue weighted by atomic mass is 9.84. The van der Waals surface area contributed by atoms with Crippen LogP contribution in [0.15, 0.2) is 34.1 Å². The van der Waals surface area contributed by atoms with Crippen molar-refractivity contribution in [3.8, 4) is 11.3 Å². The normalized spacial score (nSPS) is 15.7. The second-order valence-electron chi connectivity index (χ2n) is 7.67. The van der Waals surface area contributed by atoms with Crippen LogP contribution in [-0.4, -0.2) is 15.2 Å². The van der Waals surface area contributed by atoms with Crippen LogP contribution in [0.1, 0.15) is 49.1 Å². The summed E-state index contributed by atoms with van der Waals surface area (Å²) in [5.41, 5.74) is 5.67. The van der Waals surface area contributed by atoms with E-state index < -0.39 is 11.9 Å². The van der Waals surface area contributed by atoms with Gasteiger partial charge >= 0.3 is 6.18 Å². The molecule has 0 spiro atoms. The first-order valence-corrected chi connectivity index (χ1v) is 9.55. The second-order valence-corrected chi connectivity index (χ2v) is 7.67. The molecule has 0 radical (unpaired) electrons. The van der Waals surface area contributed by atoms with Crippen LogP contribution in [0.3, 0.4) is 0 Å². The number of aryl methyl sites for hydroxylation is 1. The Kier molecular flexibility index (Phi) is 3.88. The summed E-state index contributed by atoms with van der Waals surface area (Å²) in [6.45, 7) is 3.97. The maximum atomic E-state index is 13.5. The molecule has 3 heterocycles. The van der Waals surface area contributed by atoms with E-state index in [1.54, 1.807) is 0 Å². The Balaban J connectivity index is 1.86. The summed E-state index contributed by atoms with van der Waals surface area (Å²) in [5.74, 6) is 0. The zero-order valence-electron chi connectivity index (χ0n) is 16.0. The number of hydrogen-bond acceptors (Lipinski definition) is 4. The zero-order valence-corrected chi connectivity index (χ0v) is 16.0. The van der Waals surface area contributed by atoms with Crippen molar-refractivity contribution in [3.63, 3.8) is 0 Å². The number of nitrogens with one attached hydrogen (secondary N) is 1. The molecule has 2 aromatic heterocycles. The third-order valence-electron chi connectivity index (χ3n) is 5.58. The third-order valence-corrected chi connectivity index (χ3v) is 5.58. The van der Waals surface area contributed by atoms with E-state index in [-0.39, 0.29) is 5.56 Å². The van der Waals surface area contributed by atoms with E-state index in [0.29, 0.717) is 17.6 Å². The number of H-pyrrole nitrogens is 1. The number of alkyl halides is 3. The van der Waals surface area contributed by atoms with Gasteiger partial charge in [-0.05, 0) is 68.4 Å². The molecule has 5 nitrogen and oxygen atoms in total. The summed E-state index contributed by atoms with van der Waals surface area (Å²) >= 11 is 0. The van der Waals surface area contributed by atoms with Crippen LogP contribution in [0.25, 0.3) is 27.9 Å². The molecule has 0 saturated heterocycles. The average Bonchev–Trinajstić information content (AvgIpc) is 3.34. The van der Waals surface area contributed by atoms with Crippen molar-refractivity contribution in [3.05, 3.63) is 46.3 Å². The van der Waals surface area contributed by atoms with Gasteiger partial charge in [-0.3, -0.25) is 5.10 Å². The van der Waals surface area contributed by atoms with Gasteiger partial charge in [0.2, 0.25) is 0 Å². The van der Waals surface area contributed by atoms with Gasteiger partial charge in [0.1, 0.15) is 0 Å². The highest BCUT2D eigenvalue weighted by atomic mass is 19.4. The molecule has 2 aliphatic rings. The van der Waals surface area contributed by atoms with Crippen LogP contribution >= 0.6 is 0 Å². The van der Waals surface area contributed by atoms with E-state index in [4.69, 9.17) is 4.98 Å². The lowest BCUT2D eigenvalue weighted by molar-refractivity contribution is -0.140. The van der Waals surface area contributed by atoms with Crippen LogP contribution in [0.4, 0.5) is 18.9 Å². The molecule has 3 aromatic rings. The molecule has 0 unspecified atom stereocenters. The Morgan fingerprint density at radius 1 is 1.03 bits per heavy atom. The van der Waals surface area contributed by atoms with Crippen LogP contribution in [0, 0.1) is 0 Å². The predicted molar refractivity (Wildman–Crippen MR) is 104 cm³/mol.